The lowest BCUT2D eigenvalue weighted by atomic mass is 10.1. The molecule has 0 amide bonds. The Kier molecular flexibility index (Phi) is 3.99. The summed E-state index contributed by atoms with van der Waals surface area (Å²) in [5.74, 6) is -0.695. The zero-order chi connectivity index (χ0) is 14.5. The van der Waals surface area contributed by atoms with Gasteiger partial charge in [-0.25, -0.2) is 12.8 Å². The molecule has 0 N–H and O–H groups in total. The first-order valence-corrected chi connectivity index (χ1v) is 9.67. The topological polar surface area (TPSA) is 37.4 Å². The molecule has 2 heterocycles. The third kappa shape index (κ3) is 2.46. The number of fused-ring (bicyclic) bond motifs is 2. The first-order valence-electron chi connectivity index (χ1n) is 6.52. The highest BCUT2D eigenvalue weighted by molar-refractivity contribution is 9.10. The van der Waals surface area contributed by atoms with E-state index >= 15 is 0 Å². The molecule has 0 aliphatic carbocycles. The first kappa shape index (κ1) is 14.9. The minimum absolute atomic E-state index is 0.00817. The summed E-state index contributed by atoms with van der Waals surface area (Å²) in [6.07, 6.45) is 3.33. The van der Waals surface area contributed by atoms with Crippen molar-refractivity contribution in [3.8, 4) is 0 Å². The summed E-state index contributed by atoms with van der Waals surface area (Å²) >= 11 is 6.73. The second-order valence-electron chi connectivity index (χ2n) is 5.36. The van der Waals surface area contributed by atoms with Crippen molar-refractivity contribution in [1.82, 2.24) is 4.31 Å². The number of hydrogen-bond acceptors (Lipinski definition) is 2. The molecule has 110 valence electrons. The van der Waals surface area contributed by atoms with Crippen molar-refractivity contribution in [1.29, 1.82) is 0 Å². The van der Waals surface area contributed by atoms with Crippen molar-refractivity contribution >= 4 is 41.9 Å². The molecule has 1 aromatic carbocycles. The Morgan fingerprint density at radius 3 is 2.35 bits per heavy atom. The highest BCUT2D eigenvalue weighted by Gasteiger charge is 2.47. The van der Waals surface area contributed by atoms with E-state index in [-0.39, 0.29) is 17.0 Å². The van der Waals surface area contributed by atoms with Crippen molar-refractivity contribution in [3.63, 3.8) is 0 Å². The maximum atomic E-state index is 14.0. The Balaban J connectivity index is 2.01. The molecule has 2 fully saturated rings. The average Bonchev–Trinajstić information content (AvgIpc) is 2.62. The molecule has 0 spiro atoms. The molecule has 3 nitrogen and oxygen atoms in total. The van der Waals surface area contributed by atoms with E-state index in [0.29, 0.717) is 9.30 Å². The zero-order valence-corrected chi connectivity index (χ0v) is 14.6. The number of piperidine rings is 1. The molecule has 2 unspecified atom stereocenters. The summed E-state index contributed by atoms with van der Waals surface area (Å²) in [7, 11) is -3.75. The molecule has 0 aromatic heterocycles. The minimum Gasteiger partial charge on any atom is -0.207 e. The van der Waals surface area contributed by atoms with E-state index in [2.05, 4.69) is 31.9 Å². The Bertz CT molecular complexity index is 623. The second kappa shape index (κ2) is 5.34. The summed E-state index contributed by atoms with van der Waals surface area (Å²) in [5.41, 5.74) is 0. The standard InChI is InChI=1S/C13H14Br2FNO2S/c14-8-1-4-13(12(16)7-8)20(18,19)17-10-2-3-11(17)6-9(15)5-10/h1,4,7,9-11H,2-3,5-6H2. The molecule has 1 aromatic rings. The molecule has 0 radical (unpaired) electrons. The SMILES string of the molecule is O=S(=O)(c1ccc(Br)cc1F)N1C2CCC1CC(Br)C2. The summed E-state index contributed by atoms with van der Waals surface area (Å²) < 4.78 is 41.6. The largest absolute Gasteiger partial charge is 0.246 e. The van der Waals surface area contributed by atoms with Crippen LogP contribution in [0.5, 0.6) is 0 Å². The maximum absolute atomic E-state index is 14.0. The Morgan fingerprint density at radius 2 is 1.80 bits per heavy atom. The highest BCUT2D eigenvalue weighted by Crippen LogP contribution is 2.42. The number of hydrogen-bond donors (Lipinski definition) is 0. The fraction of sp³-hybridized carbons (Fsp3) is 0.538. The molecule has 7 heteroatoms. The minimum atomic E-state index is -3.75. The number of sulfonamides is 1. The van der Waals surface area contributed by atoms with E-state index < -0.39 is 15.8 Å². The van der Waals surface area contributed by atoms with Crippen LogP contribution in [-0.2, 0) is 10.0 Å². The van der Waals surface area contributed by atoms with Crippen molar-refractivity contribution in [2.75, 3.05) is 0 Å². The predicted molar refractivity (Wildman–Crippen MR) is 81.9 cm³/mol. The molecular formula is C13H14Br2FNO2S. The lowest BCUT2D eigenvalue weighted by Gasteiger charge is -2.36. The third-order valence-corrected chi connectivity index (χ3v) is 7.34. The van der Waals surface area contributed by atoms with E-state index in [1.54, 1.807) is 6.07 Å². The van der Waals surface area contributed by atoms with Gasteiger partial charge < -0.3 is 0 Å². The molecule has 0 saturated carbocycles. The molecule has 2 saturated heterocycles. The molecule has 2 bridgehead atoms. The Morgan fingerprint density at radius 1 is 1.20 bits per heavy atom. The molecule has 2 aliphatic heterocycles. The highest BCUT2D eigenvalue weighted by atomic mass is 79.9. The van der Waals surface area contributed by atoms with Gasteiger partial charge in [0.2, 0.25) is 10.0 Å². The molecule has 2 atom stereocenters. The summed E-state index contributed by atoms with van der Waals surface area (Å²) in [4.78, 5) is 0.145. The Labute approximate surface area is 134 Å². The van der Waals surface area contributed by atoms with E-state index in [9.17, 15) is 12.8 Å². The lowest BCUT2D eigenvalue weighted by molar-refractivity contribution is 0.254. The van der Waals surface area contributed by atoms with Crippen LogP contribution in [0.1, 0.15) is 25.7 Å². The van der Waals surface area contributed by atoms with E-state index in [1.165, 1.54) is 16.4 Å². The lowest BCUT2D eigenvalue weighted by Crippen LogP contribution is -2.46. The van der Waals surface area contributed by atoms with E-state index in [4.69, 9.17) is 0 Å². The quantitative estimate of drug-likeness (QED) is 0.676. The van der Waals surface area contributed by atoms with E-state index in [1.807, 2.05) is 0 Å². The van der Waals surface area contributed by atoms with Crippen LogP contribution >= 0.6 is 31.9 Å². The summed E-state index contributed by atoms with van der Waals surface area (Å²) in [6.45, 7) is 0. The normalized spacial score (nSPS) is 30.6. The van der Waals surface area contributed by atoms with Crippen LogP contribution < -0.4 is 0 Å². The van der Waals surface area contributed by atoms with Gasteiger partial charge in [0.25, 0.3) is 0 Å². The van der Waals surface area contributed by atoms with Gasteiger partial charge in [-0.2, -0.15) is 4.31 Å². The third-order valence-electron chi connectivity index (χ3n) is 4.06. The van der Waals surface area contributed by atoms with Crippen molar-refractivity contribution in [3.05, 3.63) is 28.5 Å². The van der Waals surface area contributed by atoms with Crippen molar-refractivity contribution < 1.29 is 12.8 Å². The number of nitrogens with zero attached hydrogens (tertiary/aromatic N) is 1. The van der Waals surface area contributed by atoms with Crippen molar-refractivity contribution in [2.45, 2.75) is 47.5 Å². The van der Waals surface area contributed by atoms with Crippen LogP contribution in [0, 0.1) is 5.82 Å². The summed E-state index contributed by atoms with van der Waals surface area (Å²) in [6, 6.07) is 4.09. The van der Waals surface area contributed by atoms with Crippen LogP contribution in [0.3, 0.4) is 0 Å². The van der Waals surface area contributed by atoms with Crippen LogP contribution in [0.4, 0.5) is 4.39 Å². The average molecular weight is 427 g/mol. The fourth-order valence-electron chi connectivity index (χ4n) is 3.26. The molecular weight excluding hydrogens is 413 g/mol. The van der Waals surface area contributed by atoms with Gasteiger partial charge in [-0.05, 0) is 43.9 Å². The van der Waals surface area contributed by atoms with Gasteiger partial charge in [-0.3, -0.25) is 0 Å². The van der Waals surface area contributed by atoms with Gasteiger partial charge in [0, 0.05) is 21.4 Å². The predicted octanol–water partition coefficient (Wildman–Crippen LogP) is 3.67. The molecule has 3 rings (SSSR count). The zero-order valence-electron chi connectivity index (χ0n) is 10.6. The van der Waals surface area contributed by atoms with Gasteiger partial charge in [-0.15, -0.1) is 0 Å². The fourth-order valence-corrected chi connectivity index (χ4v) is 6.39. The molecule has 2 aliphatic rings. The van der Waals surface area contributed by atoms with Crippen LogP contribution in [0.15, 0.2) is 27.6 Å². The van der Waals surface area contributed by atoms with E-state index in [0.717, 1.165) is 25.7 Å². The smallest absolute Gasteiger partial charge is 0.207 e. The monoisotopic (exact) mass is 425 g/mol. The number of alkyl halides is 1. The Hall–Kier alpha value is 0.0200. The van der Waals surface area contributed by atoms with Crippen LogP contribution in [-0.4, -0.2) is 29.6 Å². The number of halogens is 3. The van der Waals surface area contributed by atoms with Gasteiger partial charge in [0.15, 0.2) is 0 Å². The maximum Gasteiger partial charge on any atom is 0.246 e. The number of benzene rings is 1. The molecule has 20 heavy (non-hydrogen) atoms. The van der Waals surface area contributed by atoms with Crippen molar-refractivity contribution in [2.24, 2.45) is 0 Å². The van der Waals surface area contributed by atoms with Gasteiger partial charge >= 0.3 is 0 Å². The first-order chi connectivity index (χ1) is 9.39. The van der Waals surface area contributed by atoms with Crippen LogP contribution in [0.25, 0.3) is 0 Å². The van der Waals surface area contributed by atoms with Gasteiger partial charge in [-0.1, -0.05) is 31.9 Å². The summed E-state index contributed by atoms with van der Waals surface area (Å²) in [5, 5.41) is 0. The number of rotatable bonds is 2. The van der Waals surface area contributed by atoms with Crippen LogP contribution in [0.2, 0.25) is 0 Å². The van der Waals surface area contributed by atoms with Gasteiger partial charge in [0.1, 0.15) is 10.7 Å². The second-order valence-corrected chi connectivity index (χ2v) is 9.39. The van der Waals surface area contributed by atoms with Gasteiger partial charge in [0.05, 0.1) is 0 Å².